The monoisotopic (exact) mass is 469 g/mol. The Morgan fingerprint density at radius 1 is 1.12 bits per heavy atom. The van der Waals surface area contributed by atoms with Crippen LogP contribution in [-0.2, 0) is 13.1 Å². The van der Waals surface area contributed by atoms with Gasteiger partial charge in [0.2, 0.25) is 0 Å². The number of hydrogen-bond donors (Lipinski definition) is 2. The third kappa shape index (κ3) is 4.20. The standard InChI is InChI=1S/C27H24ClN5O/c1-16-9-26(29)32-17(2)22(16)13-31-27(34)23-15-33(25-6-4-3-5-21(23)25)14-18-7-8-24-19(10-18)11-20(28)12-30-24/h3-12,15H,13-14H2,1-2H3,(H2,29,32)(H,31,34). The van der Waals surface area contributed by atoms with E-state index in [0.29, 0.717) is 29.5 Å². The molecule has 170 valence electrons. The van der Waals surface area contributed by atoms with Gasteiger partial charge >= 0.3 is 0 Å². The largest absolute Gasteiger partial charge is 0.384 e. The average molecular weight is 470 g/mol. The zero-order chi connectivity index (χ0) is 23.8. The lowest BCUT2D eigenvalue weighted by atomic mass is 10.1. The van der Waals surface area contributed by atoms with Gasteiger partial charge in [-0.05, 0) is 60.9 Å². The number of hydrogen-bond acceptors (Lipinski definition) is 4. The number of amides is 1. The zero-order valence-corrected chi connectivity index (χ0v) is 19.7. The number of nitrogens with two attached hydrogens (primary N) is 1. The minimum Gasteiger partial charge on any atom is -0.384 e. The van der Waals surface area contributed by atoms with E-state index in [4.69, 9.17) is 17.3 Å². The third-order valence-corrected chi connectivity index (χ3v) is 6.30. The minimum absolute atomic E-state index is 0.125. The highest BCUT2D eigenvalue weighted by Gasteiger charge is 2.16. The van der Waals surface area contributed by atoms with Crippen LogP contribution >= 0.6 is 11.6 Å². The highest BCUT2D eigenvalue weighted by atomic mass is 35.5. The molecule has 6 nitrogen and oxygen atoms in total. The number of carbonyl (C=O) groups is 1. The topological polar surface area (TPSA) is 85.8 Å². The summed E-state index contributed by atoms with van der Waals surface area (Å²) >= 11 is 6.13. The summed E-state index contributed by atoms with van der Waals surface area (Å²) in [5, 5.41) is 5.57. The number of para-hydroxylation sites is 1. The van der Waals surface area contributed by atoms with Gasteiger partial charge in [-0.3, -0.25) is 9.78 Å². The number of nitrogen functional groups attached to an aromatic ring is 1. The molecule has 0 bridgehead atoms. The molecule has 3 aromatic heterocycles. The van der Waals surface area contributed by atoms with Crippen LogP contribution in [0.3, 0.4) is 0 Å². The van der Waals surface area contributed by atoms with E-state index in [1.54, 1.807) is 6.20 Å². The van der Waals surface area contributed by atoms with Crippen LogP contribution in [0.1, 0.15) is 32.7 Å². The fourth-order valence-corrected chi connectivity index (χ4v) is 4.59. The van der Waals surface area contributed by atoms with Gasteiger partial charge in [0, 0.05) is 47.5 Å². The molecule has 0 aliphatic rings. The first kappa shape index (κ1) is 21.9. The number of benzene rings is 2. The van der Waals surface area contributed by atoms with E-state index in [1.165, 1.54) is 0 Å². The van der Waals surface area contributed by atoms with Crippen LogP contribution < -0.4 is 11.1 Å². The second-order valence-electron chi connectivity index (χ2n) is 8.48. The first-order valence-electron chi connectivity index (χ1n) is 11.0. The van der Waals surface area contributed by atoms with E-state index in [-0.39, 0.29) is 5.91 Å². The molecule has 0 aliphatic heterocycles. The van der Waals surface area contributed by atoms with E-state index in [9.17, 15) is 4.79 Å². The Bertz CT molecular complexity index is 1530. The van der Waals surface area contributed by atoms with Crippen molar-refractivity contribution < 1.29 is 4.79 Å². The highest BCUT2D eigenvalue weighted by molar-refractivity contribution is 6.31. The van der Waals surface area contributed by atoms with Gasteiger partial charge in [-0.15, -0.1) is 0 Å². The Kier molecular flexibility index (Phi) is 5.67. The summed E-state index contributed by atoms with van der Waals surface area (Å²) in [5.41, 5.74) is 12.3. The Hall–Kier alpha value is -3.90. The molecule has 2 aromatic carbocycles. The van der Waals surface area contributed by atoms with E-state index in [1.807, 2.05) is 62.5 Å². The molecule has 0 fully saturated rings. The molecule has 34 heavy (non-hydrogen) atoms. The minimum atomic E-state index is -0.125. The lowest BCUT2D eigenvalue weighted by Crippen LogP contribution is -2.24. The van der Waals surface area contributed by atoms with Crippen molar-refractivity contribution in [2.24, 2.45) is 0 Å². The number of aromatic nitrogens is 3. The van der Waals surface area contributed by atoms with Gasteiger partial charge < -0.3 is 15.6 Å². The molecule has 0 spiro atoms. The van der Waals surface area contributed by atoms with Crippen LogP contribution in [0.2, 0.25) is 5.02 Å². The predicted molar refractivity (Wildman–Crippen MR) is 137 cm³/mol. The summed E-state index contributed by atoms with van der Waals surface area (Å²) in [4.78, 5) is 21.9. The number of aryl methyl sites for hydroxylation is 2. The Balaban J connectivity index is 1.44. The molecule has 0 aliphatic carbocycles. The molecule has 3 heterocycles. The SMILES string of the molecule is Cc1cc(N)nc(C)c1CNC(=O)c1cn(Cc2ccc3ncc(Cl)cc3c2)c2ccccc12. The van der Waals surface area contributed by atoms with Crippen molar-refractivity contribution in [3.8, 4) is 0 Å². The predicted octanol–water partition coefficient (Wildman–Crippen LogP) is 5.42. The first-order valence-corrected chi connectivity index (χ1v) is 11.4. The van der Waals surface area contributed by atoms with Crippen molar-refractivity contribution in [2.75, 3.05) is 5.73 Å². The fourth-order valence-electron chi connectivity index (χ4n) is 4.43. The molecular formula is C27H24ClN5O. The van der Waals surface area contributed by atoms with Gasteiger partial charge in [-0.1, -0.05) is 35.9 Å². The smallest absolute Gasteiger partial charge is 0.253 e. The maximum atomic E-state index is 13.2. The molecule has 0 radical (unpaired) electrons. The fraction of sp³-hybridized carbons (Fsp3) is 0.148. The maximum Gasteiger partial charge on any atom is 0.253 e. The summed E-state index contributed by atoms with van der Waals surface area (Å²) in [6, 6.07) is 17.8. The van der Waals surface area contributed by atoms with Crippen LogP contribution in [0.5, 0.6) is 0 Å². The summed E-state index contributed by atoms with van der Waals surface area (Å²) in [5.74, 6) is 0.361. The molecule has 1 amide bonds. The quantitative estimate of drug-likeness (QED) is 0.360. The number of pyridine rings is 2. The number of halogens is 1. The van der Waals surface area contributed by atoms with Gasteiger partial charge in [0.1, 0.15) is 5.82 Å². The second-order valence-corrected chi connectivity index (χ2v) is 8.92. The normalized spacial score (nSPS) is 11.3. The van der Waals surface area contributed by atoms with Crippen LogP contribution in [0, 0.1) is 13.8 Å². The summed E-state index contributed by atoms with van der Waals surface area (Å²) in [6.07, 6.45) is 3.57. The van der Waals surface area contributed by atoms with Crippen molar-refractivity contribution >= 4 is 45.1 Å². The molecule has 0 saturated carbocycles. The van der Waals surface area contributed by atoms with Crippen molar-refractivity contribution in [1.82, 2.24) is 19.9 Å². The number of fused-ring (bicyclic) bond motifs is 2. The van der Waals surface area contributed by atoms with Crippen molar-refractivity contribution in [2.45, 2.75) is 26.9 Å². The second kappa shape index (κ2) is 8.80. The number of nitrogens with zero attached hydrogens (tertiary/aromatic N) is 3. The maximum absolute atomic E-state index is 13.2. The molecule has 3 N–H and O–H groups in total. The van der Waals surface area contributed by atoms with Crippen LogP contribution in [0.15, 0.2) is 67.0 Å². The molecule has 0 atom stereocenters. The van der Waals surface area contributed by atoms with Crippen molar-refractivity contribution in [3.05, 3.63) is 100.0 Å². The van der Waals surface area contributed by atoms with Gasteiger partial charge in [-0.2, -0.15) is 0 Å². The van der Waals surface area contributed by atoms with Crippen molar-refractivity contribution in [3.63, 3.8) is 0 Å². The molecule has 5 aromatic rings. The summed E-state index contributed by atoms with van der Waals surface area (Å²) in [7, 11) is 0. The lowest BCUT2D eigenvalue weighted by molar-refractivity contribution is 0.0952. The van der Waals surface area contributed by atoms with Crippen LogP contribution in [-0.4, -0.2) is 20.4 Å². The van der Waals surface area contributed by atoms with E-state index in [2.05, 4.69) is 32.0 Å². The molecule has 0 unspecified atom stereocenters. The molecule has 7 heteroatoms. The number of carbonyl (C=O) groups excluding carboxylic acids is 1. The Labute approximate surface area is 202 Å². The van der Waals surface area contributed by atoms with E-state index < -0.39 is 0 Å². The van der Waals surface area contributed by atoms with Gasteiger partial charge in [0.25, 0.3) is 5.91 Å². The van der Waals surface area contributed by atoms with Crippen LogP contribution in [0.4, 0.5) is 5.82 Å². The molecular weight excluding hydrogens is 446 g/mol. The number of nitrogens with one attached hydrogen (secondary N) is 1. The Morgan fingerprint density at radius 3 is 2.76 bits per heavy atom. The lowest BCUT2D eigenvalue weighted by Gasteiger charge is -2.11. The van der Waals surface area contributed by atoms with Crippen molar-refractivity contribution in [1.29, 1.82) is 0 Å². The third-order valence-electron chi connectivity index (χ3n) is 6.10. The first-order chi connectivity index (χ1) is 16.4. The summed E-state index contributed by atoms with van der Waals surface area (Å²) in [6.45, 7) is 4.89. The zero-order valence-electron chi connectivity index (χ0n) is 19.0. The molecule has 5 rings (SSSR count). The van der Waals surface area contributed by atoms with Gasteiger partial charge in [-0.25, -0.2) is 4.98 Å². The van der Waals surface area contributed by atoms with Gasteiger partial charge in [0.05, 0.1) is 16.1 Å². The highest BCUT2D eigenvalue weighted by Crippen LogP contribution is 2.24. The number of anilines is 1. The Morgan fingerprint density at radius 2 is 1.94 bits per heavy atom. The number of rotatable bonds is 5. The van der Waals surface area contributed by atoms with Crippen LogP contribution in [0.25, 0.3) is 21.8 Å². The average Bonchev–Trinajstić information content (AvgIpc) is 3.16. The van der Waals surface area contributed by atoms with E-state index >= 15 is 0 Å². The molecule has 0 saturated heterocycles. The summed E-state index contributed by atoms with van der Waals surface area (Å²) < 4.78 is 2.10. The van der Waals surface area contributed by atoms with Gasteiger partial charge in [0.15, 0.2) is 0 Å². The van der Waals surface area contributed by atoms with E-state index in [0.717, 1.165) is 44.2 Å².